The highest BCUT2D eigenvalue weighted by Crippen LogP contribution is 2.43. The highest BCUT2D eigenvalue weighted by molar-refractivity contribution is 9.10. The van der Waals surface area contributed by atoms with Crippen molar-refractivity contribution in [2.75, 3.05) is 39.5 Å². The molecule has 0 aliphatic carbocycles. The SMILES string of the molecule is O=C1COc2ccc(Br)c(c2OCc2ccc3ccccc3c2)OCC(=O)NCCOCCN1. The second-order valence-corrected chi connectivity index (χ2v) is 8.42. The predicted octanol–water partition coefficient (Wildman–Crippen LogP) is 3.20. The van der Waals surface area contributed by atoms with E-state index in [4.69, 9.17) is 18.9 Å². The van der Waals surface area contributed by atoms with E-state index in [1.54, 1.807) is 12.1 Å². The lowest BCUT2D eigenvalue weighted by atomic mass is 10.1. The molecule has 2 amide bonds. The van der Waals surface area contributed by atoms with Gasteiger partial charge in [-0.05, 0) is 50.5 Å². The van der Waals surface area contributed by atoms with Crippen molar-refractivity contribution in [3.63, 3.8) is 0 Å². The zero-order valence-electron chi connectivity index (χ0n) is 18.5. The van der Waals surface area contributed by atoms with Crippen molar-refractivity contribution in [2.45, 2.75) is 6.61 Å². The molecule has 0 saturated heterocycles. The minimum Gasteiger partial charge on any atom is -0.482 e. The fourth-order valence-electron chi connectivity index (χ4n) is 3.40. The Balaban J connectivity index is 1.58. The molecular formula is C25H25BrN2O6. The highest BCUT2D eigenvalue weighted by atomic mass is 79.9. The third-order valence-corrected chi connectivity index (χ3v) is 5.69. The first-order valence-corrected chi connectivity index (χ1v) is 11.7. The number of hydrogen-bond donors (Lipinski definition) is 2. The molecule has 0 unspecified atom stereocenters. The van der Waals surface area contributed by atoms with Gasteiger partial charge in [0.25, 0.3) is 11.8 Å². The summed E-state index contributed by atoms with van der Waals surface area (Å²) in [5.41, 5.74) is 0.952. The number of ether oxygens (including phenoxy) is 4. The van der Waals surface area contributed by atoms with E-state index < -0.39 is 0 Å². The summed E-state index contributed by atoms with van der Waals surface area (Å²) in [5.74, 6) is 0.381. The minimum absolute atomic E-state index is 0.201. The maximum absolute atomic E-state index is 12.2. The maximum atomic E-state index is 12.2. The van der Waals surface area contributed by atoms with E-state index in [1.807, 2.05) is 36.4 Å². The minimum atomic E-state index is -0.289. The molecule has 1 heterocycles. The van der Waals surface area contributed by atoms with Crippen LogP contribution in [0, 0.1) is 0 Å². The summed E-state index contributed by atoms with van der Waals surface area (Å²) in [6, 6.07) is 17.6. The van der Waals surface area contributed by atoms with E-state index in [0.717, 1.165) is 16.3 Å². The monoisotopic (exact) mass is 528 g/mol. The Morgan fingerprint density at radius 2 is 1.56 bits per heavy atom. The smallest absolute Gasteiger partial charge is 0.258 e. The summed E-state index contributed by atoms with van der Waals surface area (Å²) in [6.45, 7) is 1.17. The van der Waals surface area contributed by atoms with Crippen LogP contribution in [0.3, 0.4) is 0 Å². The third-order valence-electron chi connectivity index (χ3n) is 5.07. The van der Waals surface area contributed by atoms with Crippen LogP contribution in [0.2, 0.25) is 0 Å². The Labute approximate surface area is 205 Å². The van der Waals surface area contributed by atoms with Gasteiger partial charge < -0.3 is 29.6 Å². The quantitative estimate of drug-likeness (QED) is 0.542. The molecular weight excluding hydrogens is 504 g/mol. The van der Waals surface area contributed by atoms with Gasteiger partial charge in [0.2, 0.25) is 5.75 Å². The average Bonchev–Trinajstić information content (AvgIpc) is 2.84. The van der Waals surface area contributed by atoms with Crippen molar-refractivity contribution in [1.29, 1.82) is 0 Å². The number of carbonyl (C=O) groups is 2. The molecule has 1 aliphatic rings. The second-order valence-electron chi connectivity index (χ2n) is 7.56. The van der Waals surface area contributed by atoms with Gasteiger partial charge in [0.15, 0.2) is 24.7 Å². The predicted molar refractivity (Wildman–Crippen MR) is 130 cm³/mol. The van der Waals surface area contributed by atoms with Crippen LogP contribution in [0.1, 0.15) is 5.56 Å². The van der Waals surface area contributed by atoms with Crippen LogP contribution in [0.25, 0.3) is 10.8 Å². The summed E-state index contributed by atoms with van der Waals surface area (Å²) in [7, 11) is 0. The van der Waals surface area contributed by atoms with Crippen molar-refractivity contribution in [3.8, 4) is 17.2 Å². The van der Waals surface area contributed by atoms with Crippen molar-refractivity contribution in [2.24, 2.45) is 0 Å². The summed E-state index contributed by atoms with van der Waals surface area (Å²) >= 11 is 3.47. The molecule has 3 aromatic carbocycles. The van der Waals surface area contributed by atoms with Crippen molar-refractivity contribution in [1.82, 2.24) is 10.6 Å². The fraction of sp³-hybridized carbons (Fsp3) is 0.280. The molecule has 0 spiro atoms. The van der Waals surface area contributed by atoms with E-state index in [2.05, 4.69) is 32.6 Å². The van der Waals surface area contributed by atoms with Crippen LogP contribution in [0.4, 0.5) is 0 Å². The number of benzene rings is 3. The van der Waals surface area contributed by atoms with Gasteiger partial charge in [-0.25, -0.2) is 0 Å². The molecule has 0 atom stereocenters. The normalized spacial score (nSPS) is 15.6. The van der Waals surface area contributed by atoms with Crippen LogP contribution in [0.15, 0.2) is 59.1 Å². The van der Waals surface area contributed by atoms with Gasteiger partial charge >= 0.3 is 0 Å². The molecule has 1 aliphatic heterocycles. The maximum Gasteiger partial charge on any atom is 0.258 e. The van der Waals surface area contributed by atoms with Gasteiger partial charge in [-0.2, -0.15) is 0 Å². The Bertz CT molecular complexity index is 1170. The molecule has 9 heteroatoms. The Kier molecular flexibility index (Phi) is 8.21. The topological polar surface area (TPSA) is 95.1 Å². The molecule has 3 aromatic rings. The zero-order valence-corrected chi connectivity index (χ0v) is 20.1. The Hall–Kier alpha value is -3.30. The van der Waals surface area contributed by atoms with Crippen LogP contribution in [-0.4, -0.2) is 51.3 Å². The van der Waals surface area contributed by atoms with Crippen LogP contribution >= 0.6 is 15.9 Å². The molecule has 4 rings (SSSR count). The molecule has 0 radical (unpaired) electrons. The second kappa shape index (κ2) is 11.7. The first-order chi connectivity index (χ1) is 16.6. The Morgan fingerprint density at radius 1 is 0.853 bits per heavy atom. The molecule has 8 nitrogen and oxygen atoms in total. The number of halogens is 1. The van der Waals surface area contributed by atoms with Gasteiger partial charge in [-0.15, -0.1) is 0 Å². The molecule has 0 aromatic heterocycles. The molecule has 2 N–H and O–H groups in total. The molecule has 2 bridgehead atoms. The first kappa shape index (κ1) is 23.8. The fourth-order valence-corrected chi connectivity index (χ4v) is 3.83. The van der Waals surface area contributed by atoms with E-state index in [9.17, 15) is 9.59 Å². The van der Waals surface area contributed by atoms with Gasteiger partial charge in [0.05, 0.1) is 17.7 Å². The zero-order chi connectivity index (χ0) is 23.8. The largest absolute Gasteiger partial charge is 0.482 e. The molecule has 34 heavy (non-hydrogen) atoms. The molecule has 0 saturated carbocycles. The molecule has 0 fully saturated rings. The van der Waals surface area contributed by atoms with Crippen LogP contribution in [-0.2, 0) is 20.9 Å². The molecule has 178 valence electrons. The number of rotatable bonds is 3. The lowest BCUT2D eigenvalue weighted by Gasteiger charge is -2.18. The average molecular weight is 529 g/mol. The third kappa shape index (κ3) is 6.39. The highest BCUT2D eigenvalue weighted by Gasteiger charge is 2.19. The Morgan fingerprint density at radius 3 is 2.32 bits per heavy atom. The van der Waals surface area contributed by atoms with Crippen molar-refractivity contribution < 1.29 is 28.5 Å². The van der Waals surface area contributed by atoms with E-state index in [0.29, 0.717) is 48.0 Å². The number of hydrogen-bond acceptors (Lipinski definition) is 6. The van der Waals surface area contributed by atoms with E-state index in [1.165, 1.54) is 0 Å². The number of carbonyl (C=O) groups excluding carboxylic acids is 2. The van der Waals surface area contributed by atoms with Crippen molar-refractivity contribution in [3.05, 3.63) is 64.6 Å². The summed E-state index contributed by atoms with van der Waals surface area (Å²) in [4.78, 5) is 24.4. The van der Waals surface area contributed by atoms with Gasteiger partial charge in [0.1, 0.15) is 6.61 Å². The number of nitrogens with one attached hydrogen (secondary N) is 2. The standard InChI is InChI=1S/C25H25BrN2O6/c26-20-7-8-21-25(33-14-17-5-6-18-3-1-2-4-19(18)13-17)24(20)34-16-23(30)28-10-12-31-11-9-27-22(29)15-32-21/h1-8,13H,9-12,14-16H2,(H,27,29)(H,28,30). The van der Waals surface area contributed by atoms with E-state index in [-0.39, 0.29) is 31.6 Å². The van der Waals surface area contributed by atoms with Crippen LogP contribution in [0.5, 0.6) is 17.2 Å². The summed E-state index contributed by atoms with van der Waals surface area (Å²) < 4.78 is 23.7. The van der Waals surface area contributed by atoms with Crippen molar-refractivity contribution >= 4 is 38.5 Å². The number of amides is 2. The first-order valence-electron chi connectivity index (χ1n) is 10.9. The van der Waals surface area contributed by atoms with Gasteiger partial charge in [-0.1, -0.05) is 36.4 Å². The van der Waals surface area contributed by atoms with Crippen LogP contribution < -0.4 is 24.8 Å². The van der Waals surface area contributed by atoms with E-state index >= 15 is 0 Å². The summed E-state index contributed by atoms with van der Waals surface area (Å²) in [6.07, 6.45) is 0. The summed E-state index contributed by atoms with van der Waals surface area (Å²) in [5, 5.41) is 7.70. The van der Waals surface area contributed by atoms with Gasteiger partial charge in [-0.3, -0.25) is 9.59 Å². The lowest BCUT2D eigenvalue weighted by molar-refractivity contribution is -0.123. The lowest BCUT2D eigenvalue weighted by Crippen LogP contribution is -2.34. The number of fused-ring (bicyclic) bond motifs is 3. The van der Waals surface area contributed by atoms with Gasteiger partial charge in [0, 0.05) is 13.1 Å².